The summed E-state index contributed by atoms with van der Waals surface area (Å²) in [5.41, 5.74) is 3.85. The van der Waals surface area contributed by atoms with E-state index in [0.29, 0.717) is 0 Å². The van der Waals surface area contributed by atoms with Gasteiger partial charge in [0.25, 0.3) is 0 Å². The highest BCUT2D eigenvalue weighted by molar-refractivity contribution is 7.15. The van der Waals surface area contributed by atoms with Crippen molar-refractivity contribution < 1.29 is 0 Å². The van der Waals surface area contributed by atoms with Crippen molar-refractivity contribution in [2.45, 2.75) is 6.92 Å². The average molecular weight is 213 g/mol. The van der Waals surface area contributed by atoms with Gasteiger partial charge in [-0.15, -0.1) is 0 Å². The Hall–Kier alpha value is -1.33. The predicted octanol–water partition coefficient (Wildman–Crippen LogP) is 3.74. The molecule has 0 fully saturated rings. The molecule has 1 unspecified atom stereocenters. The van der Waals surface area contributed by atoms with E-state index in [9.17, 15) is 0 Å². The smallest absolute Gasteiger partial charge is 0.0523 e. The normalized spacial score (nSPS) is 11.3. The molecule has 1 atom stereocenters. The van der Waals surface area contributed by atoms with Crippen LogP contribution in [-0.2, 0) is 0 Å². The number of hydrogen-bond acceptors (Lipinski definition) is 0. The zero-order valence-corrected chi connectivity index (χ0v) is 9.72. The van der Waals surface area contributed by atoms with E-state index in [0.717, 1.165) is 0 Å². The molecule has 0 bridgehead atoms. The second-order valence-corrected chi connectivity index (χ2v) is 4.42. The molecule has 1 nitrogen and oxygen atoms in total. The Labute approximate surface area is 91.0 Å². The fraction of sp³-hybridized carbons (Fsp3) is 0.0769. The number of nitrogens with zero attached hydrogens (tertiary/aromatic N) is 1. The van der Waals surface area contributed by atoms with Crippen molar-refractivity contribution in [3.63, 3.8) is 0 Å². The third-order valence-corrected chi connectivity index (χ3v) is 3.42. The lowest BCUT2D eigenvalue weighted by Crippen LogP contribution is -1.78. The van der Waals surface area contributed by atoms with Crippen LogP contribution in [0.5, 0.6) is 0 Å². The number of aryl methyl sites for hydroxylation is 1. The second-order valence-electron chi connectivity index (χ2n) is 3.91. The largest absolute Gasteiger partial charge is 0.325 e. The van der Waals surface area contributed by atoms with Gasteiger partial charge < -0.3 is 4.34 Å². The molecule has 2 aromatic carbocycles. The van der Waals surface area contributed by atoms with Crippen molar-refractivity contribution >= 4 is 31.2 Å². The first-order chi connectivity index (χ1) is 7.27. The van der Waals surface area contributed by atoms with Crippen LogP contribution in [-0.4, -0.2) is 4.34 Å². The highest BCUT2D eigenvalue weighted by atomic mass is 31.0. The third-order valence-electron chi connectivity index (χ3n) is 2.87. The fourth-order valence-corrected chi connectivity index (χ4v) is 2.55. The lowest BCUT2D eigenvalue weighted by atomic mass is 10.1. The van der Waals surface area contributed by atoms with Gasteiger partial charge in [0.1, 0.15) is 0 Å². The molecule has 0 amide bonds. The molecule has 3 aromatic rings. The molecular weight excluding hydrogens is 201 g/mol. The molecule has 0 spiro atoms. The van der Waals surface area contributed by atoms with Crippen molar-refractivity contribution in [3.8, 4) is 0 Å². The first-order valence-corrected chi connectivity index (χ1v) is 5.54. The topological polar surface area (TPSA) is 4.93 Å². The molecule has 74 valence electrons. The van der Waals surface area contributed by atoms with Crippen LogP contribution >= 0.6 is 9.39 Å². The maximum Gasteiger partial charge on any atom is 0.0523 e. The average Bonchev–Trinajstić information content (AvgIpc) is 2.54. The van der Waals surface area contributed by atoms with Gasteiger partial charge >= 0.3 is 0 Å². The van der Waals surface area contributed by atoms with Crippen molar-refractivity contribution in [3.05, 3.63) is 48.0 Å². The van der Waals surface area contributed by atoms with E-state index >= 15 is 0 Å². The summed E-state index contributed by atoms with van der Waals surface area (Å²) in [5, 5.41) is 2.65. The Kier molecular flexibility index (Phi) is 1.83. The predicted molar refractivity (Wildman–Crippen MR) is 69.3 cm³/mol. The summed E-state index contributed by atoms with van der Waals surface area (Å²) in [4.78, 5) is 0. The van der Waals surface area contributed by atoms with E-state index in [-0.39, 0.29) is 0 Å². The third kappa shape index (κ3) is 1.20. The highest BCUT2D eigenvalue weighted by Crippen LogP contribution is 2.30. The van der Waals surface area contributed by atoms with Gasteiger partial charge in [0, 0.05) is 10.8 Å². The summed E-state index contributed by atoms with van der Waals surface area (Å²) in [5.74, 6) is 0. The monoisotopic (exact) mass is 213 g/mol. The van der Waals surface area contributed by atoms with Crippen LogP contribution in [0.4, 0.5) is 0 Å². The van der Waals surface area contributed by atoms with Crippen molar-refractivity contribution in [2.75, 3.05) is 0 Å². The Morgan fingerprint density at radius 1 is 0.933 bits per heavy atom. The number of fused-ring (bicyclic) bond motifs is 3. The number of rotatable bonds is 0. The van der Waals surface area contributed by atoms with Gasteiger partial charge in [-0.25, -0.2) is 0 Å². The lowest BCUT2D eigenvalue weighted by molar-refractivity contribution is 1.40. The lowest BCUT2D eigenvalue weighted by Gasteiger charge is -1.97. The summed E-state index contributed by atoms with van der Waals surface area (Å²) in [6.45, 7) is 2.13. The van der Waals surface area contributed by atoms with Crippen LogP contribution in [0.25, 0.3) is 21.8 Å². The quantitative estimate of drug-likeness (QED) is 0.501. The van der Waals surface area contributed by atoms with Crippen LogP contribution in [0.15, 0.2) is 42.5 Å². The number of para-hydroxylation sites is 1. The molecule has 0 N–H and O–H groups in total. The number of hydrogen-bond donors (Lipinski definition) is 0. The van der Waals surface area contributed by atoms with Crippen LogP contribution in [0.1, 0.15) is 5.56 Å². The highest BCUT2D eigenvalue weighted by Gasteiger charge is 2.06. The molecule has 15 heavy (non-hydrogen) atoms. The van der Waals surface area contributed by atoms with E-state index in [4.69, 9.17) is 0 Å². The van der Waals surface area contributed by atoms with Crippen molar-refractivity contribution in [1.29, 1.82) is 0 Å². The van der Waals surface area contributed by atoms with Crippen LogP contribution in [0.3, 0.4) is 0 Å². The fourth-order valence-electron chi connectivity index (χ4n) is 2.11. The molecule has 1 heterocycles. The summed E-state index contributed by atoms with van der Waals surface area (Å²) >= 11 is 0. The molecule has 0 aliphatic rings. The molecule has 1 aromatic heterocycles. The Bertz CT molecular complexity index is 652. The zero-order valence-electron chi connectivity index (χ0n) is 8.57. The molecular formula is C13H12NP. The van der Waals surface area contributed by atoms with Gasteiger partial charge in [-0.05, 0) is 34.0 Å². The Morgan fingerprint density at radius 3 is 2.53 bits per heavy atom. The maximum atomic E-state index is 2.78. The van der Waals surface area contributed by atoms with Gasteiger partial charge in [0.15, 0.2) is 0 Å². The number of aromatic nitrogens is 1. The van der Waals surface area contributed by atoms with E-state index in [1.165, 1.54) is 27.4 Å². The van der Waals surface area contributed by atoms with Gasteiger partial charge in [-0.2, -0.15) is 0 Å². The Balaban J connectivity index is 2.63. The molecule has 0 radical (unpaired) electrons. The van der Waals surface area contributed by atoms with E-state index < -0.39 is 0 Å². The minimum Gasteiger partial charge on any atom is -0.325 e. The molecule has 0 aliphatic heterocycles. The summed E-state index contributed by atoms with van der Waals surface area (Å²) in [6, 6.07) is 15.1. The first kappa shape index (κ1) is 8.94. The van der Waals surface area contributed by atoms with E-state index in [1.807, 2.05) is 0 Å². The summed E-state index contributed by atoms with van der Waals surface area (Å²) in [6.07, 6.45) is 0. The summed E-state index contributed by atoms with van der Waals surface area (Å²) < 4.78 is 2.18. The van der Waals surface area contributed by atoms with Gasteiger partial charge in [0.05, 0.1) is 11.0 Å². The second kappa shape index (κ2) is 3.08. The molecule has 0 saturated carbocycles. The molecule has 2 heteroatoms. The number of benzene rings is 2. The molecule has 0 saturated heterocycles. The SMILES string of the molecule is Cc1ccc2c3ccccc3n(P)c2c1. The molecule has 0 aliphatic carbocycles. The standard InChI is InChI=1S/C13H12NP/c1-9-6-7-11-10-4-2-3-5-12(10)14(15)13(11)8-9/h2-8H,15H2,1H3. The van der Waals surface area contributed by atoms with Crippen LogP contribution in [0.2, 0.25) is 0 Å². The van der Waals surface area contributed by atoms with Crippen LogP contribution in [0, 0.1) is 6.92 Å². The van der Waals surface area contributed by atoms with Crippen molar-refractivity contribution in [2.24, 2.45) is 0 Å². The van der Waals surface area contributed by atoms with Gasteiger partial charge in [-0.3, -0.25) is 0 Å². The van der Waals surface area contributed by atoms with E-state index in [1.54, 1.807) is 0 Å². The zero-order chi connectivity index (χ0) is 10.4. The minimum atomic E-state index is 1.27. The maximum absolute atomic E-state index is 2.78. The van der Waals surface area contributed by atoms with Crippen LogP contribution < -0.4 is 0 Å². The van der Waals surface area contributed by atoms with Gasteiger partial charge in [0.2, 0.25) is 0 Å². The first-order valence-electron chi connectivity index (χ1n) is 5.02. The van der Waals surface area contributed by atoms with Gasteiger partial charge in [-0.1, -0.05) is 30.3 Å². The van der Waals surface area contributed by atoms with Crippen molar-refractivity contribution in [1.82, 2.24) is 4.34 Å². The Morgan fingerprint density at radius 2 is 1.67 bits per heavy atom. The molecule has 3 rings (SSSR count). The minimum absolute atomic E-state index is 1.27. The van der Waals surface area contributed by atoms with E-state index in [2.05, 4.69) is 63.1 Å². The summed E-state index contributed by atoms with van der Waals surface area (Å²) in [7, 11) is 2.78.